The zero-order chi connectivity index (χ0) is 24.3. The average molecular weight is 498 g/mol. The summed E-state index contributed by atoms with van der Waals surface area (Å²) in [4.78, 5) is 26.1. The van der Waals surface area contributed by atoms with Gasteiger partial charge in [-0.3, -0.25) is 9.59 Å². The molecule has 0 aliphatic carbocycles. The number of carbonyl (C=O) groups excluding carboxylic acids is 1. The predicted octanol–water partition coefficient (Wildman–Crippen LogP) is 6.05. The molecule has 1 N–H and O–H groups in total. The highest BCUT2D eigenvalue weighted by atomic mass is 35.5. The van der Waals surface area contributed by atoms with Crippen molar-refractivity contribution >= 4 is 35.1 Å². The van der Waals surface area contributed by atoms with Crippen molar-refractivity contribution in [1.82, 2.24) is 4.90 Å². The molecule has 1 heterocycles. The number of rotatable bonds is 8. The number of nitrogens with zero attached hydrogens (tertiary/aromatic N) is 1. The molecule has 1 aliphatic rings. The van der Waals surface area contributed by atoms with E-state index in [-0.39, 0.29) is 25.4 Å². The molecule has 1 amide bonds. The van der Waals surface area contributed by atoms with Crippen molar-refractivity contribution < 1.29 is 19.4 Å². The molecular formula is C27H25Cl2NO4. The maximum absolute atomic E-state index is 13.4. The molecule has 0 bridgehead atoms. The Bertz CT molecular complexity index is 1210. The van der Waals surface area contributed by atoms with Crippen LogP contribution in [0.15, 0.2) is 66.7 Å². The maximum atomic E-state index is 13.4. The van der Waals surface area contributed by atoms with Crippen LogP contribution in [0, 0.1) is 0 Å². The third-order valence-corrected chi connectivity index (χ3v) is 6.54. The Morgan fingerprint density at radius 2 is 1.79 bits per heavy atom. The summed E-state index contributed by atoms with van der Waals surface area (Å²) in [6.45, 7) is 2.37. The summed E-state index contributed by atoms with van der Waals surface area (Å²) in [7, 11) is 0. The molecule has 1 atom stereocenters. The number of hydrogen-bond acceptors (Lipinski definition) is 3. The van der Waals surface area contributed by atoms with Crippen molar-refractivity contribution in [2.75, 3.05) is 6.54 Å². The summed E-state index contributed by atoms with van der Waals surface area (Å²) in [6.07, 6.45) is 1.22. The summed E-state index contributed by atoms with van der Waals surface area (Å²) in [5, 5.41) is 10.4. The van der Waals surface area contributed by atoms with Gasteiger partial charge >= 0.3 is 5.97 Å². The molecule has 176 valence electrons. The number of carboxylic acids is 1. The van der Waals surface area contributed by atoms with Gasteiger partial charge in [0, 0.05) is 41.5 Å². The first-order valence-corrected chi connectivity index (χ1v) is 11.8. The van der Waals surface area contributed by atoms with Crippen molar-refractivity contribution in [1.29, 1.82) is 0 Å². The minimum Gasteiger partial charge on any atom is -0.487 e. The first kappa shape index (κ1) is 24.1. The maximum Gasteiger partial charge on any atom is 0.305 e. The standard InChI is InChI=1S/C27H25Cl2NO4/c1-27(15-18-6-9-22(28)10-7-18)16-21-14-19(8-11-24(21)34-27)26(33)30(13-12-25(31)32)17-20-4-2-3-5-23(20)29/h2-11,14H,12-13,15-17H2,1H3,(H,31,32)/t27-/m1/s1. The van der Waals surface area contributed by atoms with Gasteiger partial charge in [-0.25, -0.2) is 0 Å². The van der Waals surface area contributed by atoms with E-state index in [1.54, 1.807) is 12.1 Å². The summed E-state index contributed by atoms with van der Waals surface area (Å²) in [6, 6.07) is 20.4. The van der Waals surface area contributed by atoms with E-state index in [2.05, 4.69) is 6.92 Å². The highest BCUT2D eigenvalue weighted by Crippen LogP contribution is 2.38. The van der Waals surface area contributed by atoms with Crippen molar-refractivity contribution in [3.05, 3.63) is 99.0 Å². The number of halogens is 2. The van der Waals surface area contributed by atoms with Gasteiger partial charge in [-0.2, -0.15) is 0 Å². The van der Waals surface area contributed by atoms with E-state index < -0.39 is 11.6 Å². The second-order valence-corrected chi connectivity index (χ2v) is 9.66. The number of amides is 1. The molecule has 5 nitrogen and oxygen atoms in total. The van der Waals surface area contributed by atoms with Gasteiger partial charge in [0.1, 0.15) is 11.4 Å². The molecule has 0 saturated carbocycles. The van der Waals surface area contributed by atoms with E-state index in [1.165, 1.54) is 4.90 Å². The minimum atomic E-state index is -0.961. The molecule has 3 aromatic carbocycles. The molecule has 0 spiro atoms. The second kappa shape index (κ2) is 10.1. The van der Waals surface area contributed by atoms with Crippen molar-refractivity contribution in [2.24, 2.45) is 0 Å². The van der Waals surface area contributed by atoms with E-state index in [0.29, 0.717) is 28.5 Å². The van der Waals surface area contributed by atoms with Crippen molar-refractivity contribution in [3.63, 3.8) is 0 Å². The van der Waals surface area contributed by atoms with Crippen LogP contribution in [0.5, 0.6) is 5.75 Å². The smallest absolute Gasteiger partial charge is 0.305 e. The van der Waals surface area contributed by atoms with Crippen LogP contribution < -0.4 is 4.74 Å². The lowest BCUT2D eigenvalue weighted by molar-refractivity contribution is -0.137. The lowest BCUT2D eigenvalue weighted by Crippen LogP contribution is -2.33. The van der Waals surface area contributed by atoms with E-state index in [9.17, 15) is 9.59 Å². The molecular weight excluding hydrogens is 473 g/mol. The molecule has 0 aromatic heterocycles. The third kappa shape index (κ3) is 5.72. The van der Waals surface area contributed by atoms with Gasteiger partial charge in [-0.15, -0.1) is 0 Å². The molecule has 0 fully saturated rings. The Hall–Kier alpha value is -3.02. The molecule has 3 aromatic rings. The predicted molar refractivity (Wildman–Crippen MR) is 133 cm³/mol. The fourth-order valence-electron chi connectivity index (χ4n) is 4.29. The van der Waals surface area contributed by atoms with Crippen LogP contribution in [0.3, 0.4) is 0 Å². The molecule has 0 unspecified atom stereocenters. The van der Waals surface area contributed by atoms with Crippen LogP contribution in [-0.4, -0.2) is 34.0 Å². The molecule has 34 heavy (non-hydrogen) atoms. The van der Waals surface area contributed by atoms with E-state index >= 15 is 0 Å². The lowest BCUT2D eigenvalue weighted by atomic mass is 9.91. The average Bonchev–Trinajstić information content (AvgIpc) is 3.13. The van der Waals surface area contributed by atoms with E-state index in [1.807, 2.05) is 54.6 Å². The summed E-state index contributed by atoms with van der Waals surface area (Å²) < 4.78 is 6.26. The fraction of sp³-hybridized carbons (Fsp3) is 0.259. The first-order valence-electron chi connectivity index (χ1n) is 11.0. The third-order valence-electron chi connectivity index (χ3n) is 5.92. The Labute approximate surface area is 208 Å². The first-order chi connectivity index (χ1) is 16.2. The van der Waals surface area contributed by atoms with Gasteiger partial charge < -0.3 is 14.7 Å². The molecule has 0 saturated heterocycles. The highest BCUT2D eigenvalue weighted by Gasteiger charge is 2.35. The van der Waals surface area contributed by atoms with Crippen molar-refractivity contribution in [3.8, 4) is 5.75 Å². The number of hydrogen-bond donors (Lipinski definition) is 1. The summed E-state index contributed by atoms with van der Waals surface area (Å²) >= 11 is 12.3. The van der Waals surface area contributed by atoms with Gasteiger partial charge in [0.2, 0.25) is 0 Å². The van der Waals surface area contributed by atoms with Crippen LogP contribution in [-0.2, 0) is 24.2 Å². The van der Waals surface area contributed by atoms with Gasteiger partial charge in [-0.05, 0) is 60.0 Å². The van der Waals surface area contributed by atoms with Crippen molar-refractivity contribution in [2.45, 2.75) is 38.3 Å². The summed E-state index contributed by atoms with van der Waals surface area (Å²) in [5.41, 5.74) is 2.91. The van der Waals surface area contributed by atoms with E-state index in [4.69, 9.17) is 33.0 Å². The van der Waals surface area contributed by atoms with Crippen LogP contribution in [0.4, 0.5) is 0 Å². The summed E-state index contributed by atoms with van der Waals surface area (Å²) in [5.74, 6) is -0.441. The van der Waals surface area contributed by atoms with Gasteiger partial charge in [0.05, 0.1) is 6.42 Å². The van der Waals surface area contributed by atoms with E-state index in [0.717, 1.165) is 22.4 Å². The number of carboxylic acid groups (broad SMARTS) is 1. The monoisotopic (exact) mass is 497 g/mol. The minimum absolute atomic E-state index is 0.0846. The number of ether oxygens (including phenoxy) is 1. The SMILES string of the molecule is C[C@@]1(Cc2ccc(Cl)cc2)Cc2cc(C(=O)N(CCC(=O)O)Cc3ccccc3Cl)ccc2O1. The normalized spacial score (nSPS) is 16.6. The Morgan fingerprint density at radius 1 is 1.06 bits per heavy atom. The fourth-order valence-corrected chi connectivity index (χ4v) is 4.61. The number of benzene rings is 3. The quantitative estimate of drug-likeness (QED) is 0.411. The molecule has 4 rings (SSSR count). The van der Waals surface area contributed by atoms with Gasteiger partial charge in [0.25, 0.3) is 5.91 Å². The van der Waals surface area contributed by atoms with Crippen LogP contribution in [0.2, 0.25) is 10.0 Å². The van der Waals surface area contributed by atoms with Crippen LogP contribution in [0.25, 0.3) is 0 Å². The second-order valence-electron chi connectivity index (χ2n) is 8.82. The Kier molecular flexibility index (Phi) is 7.15. The Balaban J connectivity index is 1.53. The van der Waals surface area contributed by atoms with Gasteiger partial charge in [-0.1, -0.05) is 53.5 Å². The largest absolute Gasteiger partial charge is 0.487 e. The molecule has 0 radical (unpaired) electrons. The topological polar surface area (TPSA) is 66.8 Å². The zero-order valence-electron chi connectivity index (χ0n) is 18.8. The molecule has 7 heteroatoms. The van der Waals surface area contributed by atoms with Gasteiger partial charge in [0.15, 0.2) is 0 Å². The number of aliphatic carboxylic acids is 1. The van der Waals surface area contributed by atoms with Crippen LogP contribution >= 0.6 is 23.2 Å². The number of carbonyl (C=O) groups is 2. The van der Waals surface area contributed by atoms with Crippen LogP contribution in [0.1, 0.15) is 40.4 Å². The Morgan fingerprint density at radius 3 is 2.50 bits per heavy atom. The molecule has 1 aliphatic heterocycles. The highest BCUT2D eigenvalue weighted by molar-refractivity contribution is 6.31. The lowest BCUT2D eigenvalue weighted by Gasteiger charge is -2.24. The number of fused-ring (bicyclic) bond motifs is 1. The zero-order valence-corrected chi connectivity index (χ0v) is 20.3.